The number of rotatable bonds is 4. The van der Waals surface area contributed by atoms with Crippen molar-refractivity contribution in [2.75, 3.05) is 0 Å². The summed E-state index contributed by atoms with van der Waals surface area (Å²) in [5.74, 6) is 0.845. The zero-order chi connectivity index (χ0) is 13.1. The molecule has 6 nitrogen and oxygen atoms in total. The molecular weight excluding hydrogens is 240 g/mol. The first-order chi connectivity index (χ1) is 9.31. The summed E-state index contributed by atoms with van der Waals surface area (Å²) in [6.45, 7) is 3.32. The molecule has 2 heterocycles. The average Bonchev–Trinajstić information content (AvgIpc) is 3.03. The molecule has 2 aromatic heterocycles. The molecule has 0 bridgehead atoms. The van der Waals surface area contributed by atoms with Crippen molar-refractivity contribution in [2.24, 2.45) is 0 Å². The van der Waals surface area contributed by atoms with Crippen LogP contribution in [-0.4, -0.2) is 29.8 Å². The monoisotopic (exact) mass is 254 g/mol. The Morgan fingerprint density at radius 3 is 2.68 bits per heavy atom. The van der Waals surface area contributed by atoms with Crippen molar-refractivity contribution in [3.8, 4) is 0 Å². The number of nitrogens with zero attached hydrogens (tertiary/aromatic N) is 6. The molecule has 0 aliphatic carbocycles. The molecule has 0 spiro atoms. The van der Waals surface area contributed by atoms with Gasteiger partial charge in [-0.05, 0) is 12.5 Å². The second-order valence-corrected chi connectivity index (χ2v) is 4.38. The van der Waals surface area contributed by atoms with Gasteiger partial charge < -0.3 is 0 Å². The van der Waals surface area contributed by atoms with Crippen LogP contribution in [0.1, 0.15) is 17.0 Å². The molecule has 19 heavy (non-hydrogen) atoms. The molecule has 6 heteroatoms. The lowest BCUT2D eigenvalue weighted by atomic mass is 10.1. The Balaban J connectivity index is 1.80. The van der Waals surface area contributed by atoms with Crippen molar-refractivity contribution in [1.29, 1.82) is 0 Å². The highest BCUT2D eigenvalue weighted by Crippen LogP contribution is 2.07. The molecule has 1 aromatic carbocycles. The minimum Gasteiger partial charge on any atom is -0.244 e. The molecule has 0 aliphatic heterocycles. The summed E-state index contributed by atoms with van der Waals surface area (Å²) in [6.07, 6.45) is 4.87. The van der Waals surface area contributed by atoms with E-state index in [-0.39, 0.29) is 0 Å². The second-order valence-electron chi connectivity index (χ2n) is 4.38. The zero-order valence-electron chi connectivity index (χ0n) is 10.6. The molecule has 0 unspecified atom stereocenters. The van der Waals surface area contributed by atoms with E-state index in [4.69, 9.17) is 0 Å². The van der Waals surface area contributed by atoms with Crippen LogP contribution in [0.4, 0.5) is 0 Å². The van der Waals surface area contributed by atoms with Crippen molar-refractivity contribution in [1.82, 2.24) is 29.8 Å². The van der Waals surface area contributed by atoms with Crippen LogP contribution in [0.15, 0.2) is 43.0 Å². The molecule has 0 radical (unpaired) electrons. The summed E-state index contributed by atoms with van der Waals surface area (Å²) in [5, 5.41) is 12.4. The van der Waals surface area contributed by atoms with Gasteiger partial charge in [0, 0.05) is 0 Å². The van der Waals surface area contributed by atoms with Crippen molar-refractivity contribution in [3.05, 3.63) is 59.9 Å². The van der Waals surface area contributed by atoms with E-state index in [0.717, 1.165) is 5.82 Å². The minimum atomic E-state index is 0.527. The van der Waals surface area contributed by atoms with Crippen LogP contribution in [-0.2, 0) is 13.1 Å². The summed E-state index contributed by atoms with van der Waals surface area (Å²) < 4.78 is 1.87. The van der Waals surface area contributed by atoms with Crippen LogP contribution in [0.3, 0.4) is 0 Å². The molecule has 0 aliphatic rings. The van der Waals surface area contributed by atoms with E-state index in [1.54, 1.807) is 23.5 Å². The molecule has 0 saturated heterocycles. The maximum Gasteiger partial charge on any atom is 0.150 e. The van der Waals surface area contributed by atoms with Gasteiger partial charge in [-0.2, -0.15) is 20.1 Å². The van der Waals surface area contributed by atoms with Crippen LogP contribution >= 0.6 is 0 Å². The third kappa shape index (κ3) is 2.67. The van der Waals surface area contributed by atoms with Crippen molar-refractivity contribution in [2.45, 2.75) is 20.0 Å². The van der Waals surface area contributed by atoms with Crippen LogP contribution in [0.5, 0.6) is 0 Å². The van der Waals surface area contributed by atoms with E-state index < -0.39 is 0 Å². The van der Waals surface area contributed by atoms with Crippen LogP contribution < -0.4 is 0 Å². The molecule has 96 valence electrons. The van der Waals surface area contributed by atoms with Gasteiger partial charge >= 0.3 is 0 Å². The van der Waals surface area contributed by atoms with Crippen molar-refractivity contribution < 1.29 is 0 Å². The van der Waals surface area contributed by atoms with Gasteiger partial charge in [0.15, 0.2) is 5.82 Å². The summed E-state index contributed by atoms with van der Waals surface area (Å²) in [5.41, 5.74) is 2.45. The second kappa shape index (κ2) is 5.01. The van der Waals surface area contributed by atoms with E-state index >= 15 is 0 Å². The normalized spacial score (nSPS) is 10.8. The molecule has 0 amide bonds. The first-order valence-electron chi connectivity index (χ1n) is 6.07. The van der Waals surface area contributed by atoms with E-state index in [0.29, 0.717) is 13.1 Å². The average molecular weight is 254 g/mol. The maximum absolute atomic E-state index is 4.26. The third-order valence-electron chi connectivity index (χ3n) is 2.86. The molecular formula is C13H14N6. The predicted octanol–water partition coefficient (Wildman–Crippen LogP) is 1.27. The lowest BCUT2D eigenvalue weighted by Gasteiger charge is -2.06. The standard InChI is InChI=1S/C13H14N6/c1-11-3-2-4-12(7-11)8-18-13(14-10-17-18)9-19-15-5-6-16-19/h2-7,10H,8-9H2,1H3. The van der Waals surface area contributed by atoms with E-state index in [9.17, 15) is 0 Å². The van der Waals surface area contributed by atoms with Gasteiger partial charge in [-0.15, -0.1) is 0 Å². The first kappa shape index (κ1) is 11.6. The minimum absolute atomic E-state index is 0.527. The molecule has 0 N–H and O–H groups in total. The van der Waals surface area contributed by atoms with Gasteiger partial charge in [-0.1, -0.05) is 29.8 Å². The fraction of sp³-hybridized carbons (Fsp3) is 0.231. The smallest absolute Gasteiger partial charge is 0.150 e. The van der Waals surface area contributed by atoms with Crippen molar-refractivity contribution >= 4 is 0 Å². The fourth-order valence-corrected chi connectivity index (χ4v) is 1.98. The van der Waals surface area contributed by atoms with E-state index in [2.05, 4.69) is 51.5 Å². The lowest BCUT2D eigenvalue weighted by molar-refractivity contribution is 0.533. The molecule has 3 aromatic rings. The first-order valence-corrected chi connectivity index (χ1v) is 6.07. The summed E-state index contributed by atoms with van der Waals surface area (Å²) in [4.78, 5) is 5.85. The Labute approximate surface area is 110 Å². The van der Waals surface area contributed by atoms with E-state index in [1.165, 1.54) is 11.1 Å². The van der Waals surface area contributed by atoms with Gasteiger partial charge in [0.1, 0.15) is 12.9 Å². The quantitative estimate of drug-likeness (QED) is 0.703. The highest BCUT2D eigenvalue weighted by atomic mass is 15.5. The zero-order valence-corrected chi connectivity index (χ0v) is 10.6. The SMILES string of the molecule is Cc1cccc(Cn2ncnc2Cn2nccn2)c1. The molecule has 0 atom stereocenters. The van der Waals surface area contributed by atoms with Crippen LogP contribution in [0.25, 0.3) is 0 Å². The van der Waals surface area contributed by atoms with Crippen LogP contribution in [0.2, 0.25) is 0 Å². The van der Waals surface area contributed by atoms with Gasteiger partial charge in [0.05, 0.1) is 18.9 Å². The van der Waals surface area contributed by atoms with Crippen LogP contribution in [0, 0.1) is 6.92 Å². The van der Waals surface area contributed by atoms with Gasteiger partial charge in [0.25, 0.3) is 0 Å². The highest BCUT2D eigenvalue weighted by molar-refractivity contribution is 5.22. The largest absolute Gasteiger partial charge is 0.244 e. The van der Waals surface area contributed by atoms with Gasteiger partial charge in [-0.25, -0.2) is 9.67 Å². The summed E-state index contributed by atoms with van der Waals surface area (Å²) >= 11 is 0. The highest BCUT2D eigenvalue weighted by Gasteiger charge is 2.06. The Morgan fingerprint density at radius 1 is 1.05 bits per heavy atom. The fourth-order valence-electron chi connectivity index (χ4n) is 1.98. The molecule has 0 fully saturated rings. The molecule has 0 saturated carbocycles. The van der Waals surface area contributed by atoms with Gasteiger partial charge in [-0.3, -0.25) is 0 Å². The number of hydrogen-bond acceptors (Lipinski definition) is 4. The Morgan fingerprint density at radius 2 is 1.89 bits per heavy atom. The van der Waals surface area contributed by atoms with Crippen molar-refractivity contribution in [3.63, 3.8) is 0 Å². The Bertz CT molecular complexity index is 655. The number of benzene rings is 1. The lowest BCUT2D eigenvalue weighted by Crippen LogP contribution is -2.12. The number of hydrogen-bond donors (Lipinski definition) is 0. The third-order valence-corrected chi connectivity index (χ3v) is 2.86. The summed E-state index contributed by atoms with van der Waals surface area (Å²) in [6, 6.07) is 8.37. The predicted molar refractivity (Wildman–Crippen MR) is 69.4 cm³/mol. The van der Waals surface area contributed by atoms with Gasteiger partial charge in [0.2, 0.25) is 0 Å². The van der Waals surface area contributed by atoms with E-state index in [1.807, 2.05) is 4.68 Å². The summed E-state index contributed by atoms with van der Waals surface area (Å²) in [7, 11) is 0. The number of aromatic nitrogens is 6. The number of aryl methyl sites for hydroxylation is 1. The Kier molecular flexibility index (Phi) is 3.06. The Hall–Kier alpha value is -2.50. The molecule has 3 rings (SSSR count). The topological polar surface area (TPSA) is 61.4 Å². The maximum atomic E-state index is 4.26.